The smallest absolute Gasteiger partial charge is 0.326 e. The molecule has 29 N–H and O–H groups in total. The summed E-state index contributed by atoms with van der Waals surface area (Å²) < 4.78 is 0. The first kappa shape index (κ1) is 77.8. The quantitative estimate of drug-likeness (QED) is 0.0167. The van der Waals surface area contributed by atoms with Gasteiger partial charge in [0.2, 0.25) is 59.1 Å². The number of nitrogens with two attached hydrogens (primary N) is 9. The molecule has 0 saturated heterocycles. The van der Waals surface area contributed by atoms with Crippen molar-refractivity contribution in [3.05, 3.63) is 36.0 Å². The Hall–Kier alpha value is -8.34. The molecule has 0 bridgehead atoms. The fraction of sp³-hybridized carbons (Fsp3) is 0.625. The average molecular weight is 1290 g/mol. The number of carbonyl (C=O) groups is 11. The van der Waals surface area contributed by atoms with E-state index < -0.39 is 126 Å². The Labute approximate surface area is 527 Å². The van der Waals surface area contributed by atoms with E-state index in [2.05, 4.69) is 62.8 Å². The van der Waals surface area contributed by atoms with Crippen molar-refractivity contribution in [3.63, 3.8) is 0 Å². The van der Waals surface area contributed by atoms with Gasteiger partial charge in [-0.25, -0.2) is 4.79 Å². The number of nitrogens with zero attached hydrogens (tertiary/aromatic N) is 2. The van der Waals surface area contributed by atoms with Gasteiger partial charge in [-0.15, -0.1) is 0 Å². The average Bonchev–Trinajstić information content (AvgIpc) is 1.71. The van der Waals surface area contributed by atoms with Crippen molar-refractivity contribution in [2.75, 3.05) is 51.8 Å². The Bertz CT molecular complexity index is 2710. The number of benzene rings is 1. The van der Waals surface area contributed by atoms with Gasteiger partial charge in [0.05, 0.1) is 12.5 Å². The Balaban J connectivity index is 2.63. The number of primary amides is 2. The second-order valence-electron chi connectivity index (χ2n) is 21.4. The lowest BCUT2D eigenvalue weighted by atomic mass is 10.0. The predicted molar refractivity (Wildman–Crippen MR) is 342 cm³/mol. The summed E-state index contributed by atoms with van der Waals surface area (Å²) in [6.07, 6.45) is 4.81. The summed E-state index contributed by atoms with van der Waals surface area (Å²) in [5, 5.41) is 34.6. The molecule has 33 nitrogen and oxygen atoms in total. The SMILES string of the molecule is CN[C@@H](CCC(N)=O)C(=O)N[C@@H](CC(N)=O)C(=O)N[C@@H](CCCN=C(N)N)C(=O)N[C@@H](CCCN=C(N)N)C(=O)N[C@@H](CCSC)C(=O)N[C@@H](CCCCN)C(=O)N[C@@H](Cc1c[nH]c2ccccc12)C(=O)N[C@@H](CCCCN)C(=O)N[C@@H](CCCCN)C(=O)O. The van der Waals surface area contributed by atoms with E-state index in [0.717, 1.165) is 10.9 Å². The Kier molecular flexibility index (Phi) is 37.5. The minimum Gasteiger partial charge on any atom is -0.480 e. The number of hydrogen-bond acceptors (Lipinski definition) is 18. The van der Waals surface area contributed by atoms with Gasteiger partial charge < -0.3 is 110 Å². The molecule has 2 aromatic rings. The molecule has 1 aromatic heterocycles. The first-order chi connectivity index (χ1) is 42.9. The van der Waals surface area contributed by atoms with E-state index >= 15 is 0 Å². The number of aromatic amines is 1. The highest BCUT2D eigenvalue weighted by molar-refractivity contribution is 7.98. The summed E-state index contributed by atoms with van der Waals surface area (Å²) in [5.74, 6) is -10.1. The van der Waals surface area contributed by atoms with Crippen LogP contribution >= 0.6 is 11.8 Å². The highest BCUT2D eigenvalue weighted by Crippen LogP contribution is 2.20. The van der Waals surface area contributed by atoms with Crippen LogP contribution in [0, 0.1) is 0 Å². The molecule has 1 aromatic carbocycles. The van der Waals surface area contributed by atoms with Crippen molar-refractivity contribution < 1.29 is 57.8 Å². The molecule has 0 saturated carbocycles. The third-order valence-electron chi connectivity index (χ3n) is 14.2. The number of thioether (sulfide) groups is 1. The Morgan fingerprint density at radius 3 is 1.27 bits per heavy atom. The standard InChI is InChI=1S/C56H97N21O12S/c1-66-35(20-21-44(60)78)46(80)77-43(30-45(61)79)53(87)73-39(19-12-27-68-56(64)65)47(81)71-38(18-11-26-67-55(62)63)48(82)74-40(22-28-90-2)51(85)70-37(16-6-9-24-58)50(84)76-42(29-32-31-69-34-14-4-3-13-33(32)34)52(86)72-36(15-5-8-23-57)49(83)75-41(54(88)89)17-7-10-25-59/h3-4,13-14,31,35-43,66,69H,5-12,15-30,57-59H2,1-2H3,(H2,60,78)(H2,61,79)(H,70,85)(H,71,81)(H,72,86)(H,73,87)(H,74,82)(H,75,83)(H,76,84)(H,77,80)(H,88,89)(H4,62,63,67)(H4,64,65,68)/t35-,36-,37-,38-,39-,40-,41-,42-,43-/m0/s1. The molecular weight excluding hydrogens is 1190 g/mol. The lowest BCUT2D eigenvalue weighted by molar-refractivity contribution is -0.142. The van der Waals surface area contributed by atoms with Gasteiger partial charge in [-0.2, -0.15) is 11.8 Å². The first-order valence-corrected chi connectivity index (χ1v) is 31.4. The lowest BCUT2D eigenvalue weighted by Gasteiger charge is -2.28. The number of carbonyl (C=O) groups excluding carboxylic acids is 10. The van der Waals surface area contributed by atoms with Gasteiger partial charge in [0, 0.05) is 43.0 Å². The minimum atomic E-state index is -1.63. The number of aliphatic carboxylic acids is 1. The van der Waals surface area contributed by atoms with Crippen LogP contribution in [-0.2, 0) is 59.2 Å². The third-order valence-corrected chi connectivity index (χ3v) is 14.9. The van der Waals surface area contributed by atoms with Crippen LogP contribution in [0.5, 0.6) is 0 Å². The maximum Gasteiger partial charge on any atom is 0.326 e. The van der Waals surface area contributed by atoms with Crippen LogP contribution < -0.4 is 99.5 Å². The van der Waals surface area contributed by atoms with Gasteiger partial charge in [0.25, 0.3) is 0 Å². The molecule has 1 heterocycles. The van der Waals surface area contributed by atoms with Crippen molar-refractivity contribution in [2.45, 2.75) is 170 Å². The fourth-order valence-electron chi connectivity index (χ4n) is 9.33. The maximum atomic E-state index is 14.8. The first-order valence-electron chi connectivity index (χ1n) is 30.0. The number of nitrogens with one attached hydrogen (secondary N) is 10. The second-order valence-corrected chi connectivity index (χ2v) is 22.4. The number of aromatic nitrogens is 1. The summed E-state index contributed by atoms with van der Waals surface area (Å²) in [5.41, 5.74) is 51.5. The molecule has 0 aliphatic heterocycles. The largest absolute Gasteiger partial charge is 0.480 e. The topological polar surface area (TPSA) is 591 Å². The van der Waals surface area contributed by atoms with E-state index in [1.165, 1.54) is 18.8 Å². The van der Waals surface area contributed by atoms with Crippen LogP contribution in [0.2, 0.25) is 0 Å². The number of rotatable bonds is 48. The van der Waals surface area contributed by atoms with Crippen molar-refractivity contribution in [1.29, 1.82) is 0 Å². The summed E-state index contributed by atoms with van der Waals surface area (Å²) in [6.45, 7) is 0.779. The Morgan fingerprint density at radius 1 is 0.478 bits per heavy atom. The molecular formula is C56H97N21O12S. The van der Waals surface area contributed by atoms with E-state index in [1.807, 2.05) is 18.2 Å². The number of unbranched alkanes of at least 4 members (excludes halogenated alkanes) is 3. The van der Waals surface area contributed by atoms with E-state index in [9.17, 15) is 57.8 Å². The highest BCUT2D eigenvalue weighted by atomic mass is 32.2. The second kappa shape index (κ2) is 43.4. The number of likely N-dealkylation sites (N-methyl/N-ethyl adjacent to an activating group) is 1. The van der Waals surface area contributed by atoms with Crippen LogP contribution in [0.3, 0.4) is 0 Å². The van der Waals surface area contributed by atoms with Crippen molar-refractivity contribution in [2.24, 2.45) is 61.6 Å². The van der Waals surface area contributed by atoms with Gasteiger partial charge in [-0.3, -0.25) is 57.9 Å². The monoisotopic (exact) mass is 1290 g/mol. The van der Waals surface area contributed by atoms with Gasteiger partial charge in [-0.05, 0) is 147 Å². The lowest BCUT2D eigenvalue weighted by Crippen LogP contribution is -2.60. The van der Waals surface area contributed by atoms with Crippen LogP contribution in [0.1, 0.15) is 115 Å². The van der Waals surface area contributed by atoms with Crippen LogP contribution in [0.25, 0.3) is 10.9 Å². The van der Waals surface area contributed by atoms with Crippen LogP contribution in [-0.4, -0.2) is 193 Å². The van der Waals surface area contributed by atoms with Crippen molar-refractivity contribution >= 4 is 99.6 Å². The zero-order valence-corrected chi connectivity index (χ0v) is 52.3. The highest BCUT2D eigenvalue weighted by Gasteiger charge is 2.36. The van der Waals surface area contributed by atoms with Gasteiger partial charge >= 0.3 is 5.97 Å². The Morgan fingerprint density at radius 2 is 0.856 bits per heavy atom. The maximum absolute atomic E-state index is 14.8. The van der Waals surface area contributed by atoms with Crippen LogP contribution in [0.15, 0.2) is 40.4 Å². The summed E-state index contributed by atoms with van der Waals surface area (Å²) >= 11 is 1.34. The zero-order valence-electron chi connectivity index (χ0n) is 51.5. The van der Waals surface area contributed by atoms with E-state index in [1.54, 1.807) is 18.5 Å². The molecule has 0 spiro atoms. The summed E-state index contributed by atoms with van der Waals surface area (Å²) in [6, 6.07) is -5.06. The summed E-state index contributed by atoms with van der Waals surface area (Å²) in [7, 11) is 1.42. The van der Waals surface area contributed by atoms with Gasteiger partial charge in [-0.1, -0.05) is 18.2 Å². The molecule has 0 aliphatic carbocycles. The predicted octanol–water partition coefficient (Wildman–Crippen LogP) is -5.35. The minimum absolute atomic E-state index is 0.000637. The number of hydrogen-bond donors (Lipinski definition) is 20. The number of carboxylic acid groups (broad SMARTS) is 1. The number of carboxylic acids is 1. The molecule has 0 unspecified atom stereocenters. The van der Waals surface area contributed by atoms with Gasteiger partial charge in [0.15, 0.2) is 11.9 Å². The van der Waals surface area contributed by atoms with E-state index in [0.29, 0.717) is 56.4 Å². The van der Waals surface area contributed by atoms with E-state index in [4.69, 9.17) is 51.6 Å². The molecule has 504 valence electrons. The summed E-state index contributed by atoms with van der Waals surface area (Å²) in [4.78, 5) is 161. The molecule has 90 heavy (non-hydrogen) atoms. The number of amides is 10. The van der Waals surface area contributed by atoms with E-state index in [-0.39, 0.29) is 109 Å². The molecule has 9 atom stereocenters. The number of fused-ring (bicyclic) bond motifs is 1. The molecule has 10 amide bonds. The number of guanidine groups is 2. The molecule has 34 heteroatoms. The molecule has 0 radical (unpaired) electrons. The van der Waals surface area contributed by atoms with Crippen molar-refractivity contribution in [3.8, 4) is 0 Å². The van der Waals surface area contributed by atoms with Crippen LogP contribution in [0.4, 0.5) is 0 Å². The fourth-order valence-corrected chi connectivity index (χ4v) is 9.81. The molecule has 0 fully saturated rings. The van der Waals surface area contributed by atoms with Gasteiger partial charge in [0.1, 0.15) is 48.3 Å². The third kappa shape index (κ3) is 30.2. The number of aliphatic imine (C=N–C) groups is 2. The zero-order chi connectivity index (χ0) is 67.1. The molecule has 2 rings (SSSR count). The van der Waals surface area contributed by atoms with Crippen molar-refractivity contribution in [1.82, 2.24) is 52.8 Å². The normalized spacial score (nSPS) is 14.1. The number of para-hydroxylation sites is 1. The number of H-pyrrole nitrogens is 1. The molecule has 0 aliphatic rings.